The molecule has 0 saturated carbocycles. The van der Waals surface area contributed by atoms with Crippen molar-refractivity contribution in [3.63, 3.8) is 0 Å². The summed E-state index contributed by atoms with van der Waals surface area (Å²) in [6.45, 7) is 2.43. The van der Waals surface area contributed by atoms with E-state index in [-0.39, 0.29) is 11.8 Å². The van der Waals surface area contributed by atoms with Crippen LogP contribution in [-0.4, -0.2) is 42.8 Å². The van der Waals surface area contributed by atoms with Crippen LogP contribution < -0.4 is 10.6 Å². The Morgan fingerprint density at radius 3 is 2.84 bits per heavy atom. The van der Waals surface area contributed by atoms with Gasteiger partial charge in [-0.3, -0.25) is 14.9 Å². The van der Waals surface area contributed by atoms with Gasteiger partial charge < -0.3 is 14.6 Å². The van der Waals surface area contributed by atoms with Crippen molar-refractivity contribution in [2.45, 2.75) is 37.7 Å². The van der Waals surface area contributed by atoms with Crippen LogP contribution in [0.25, 0.3) is 21.7 Å². The first kappa shape index (κ1) is 19.7. The first-order valence-corrected chi connectivity index (χ1v) is 10.7. The van der Waals surface area contributed by atoms with Gasteiger partial charge in [0.15, 0.2) is 5.58 Å². The summed E-state index contributed by atoms with van der Waals surface area (Å²) in [4.78, 5) is 23.9. The minimum Gasteiger partial charge on any atom is -0.365 e. The standard InChI is InChI=1S/C24H23N3O4/c28-21-8-6-19(24(29)26-21)23-22-18-5-3-15(14-16(18)4-7-20(22)31-27-23)2-1-13-30-17-9-11-25-12-10-17/h3-5,7,14,17,19,25H,6,8-13H2,(H,26,28,29). The molecule has 2 saturated heterocycles. The van der Waals surface area contributed by atoms with E-state index in [0.717, 1.165) is 47.7 Å². The Bertz CT molecular complexity index is 1210. The number of benzene rings is 2. The maximum atomic E-state index is 12.4. The molecule has 1 unspecified atom stereocenters. The molecule has 2 aliphatic rings. The molecular weight excluding hydrogens is 394 g/mol. The van der Waals surface area contributed by atoms with Crippen LogP contribution in [-0.2, 0) is 14.3 Å². The maximum Gasteiger partial charge on any atom is 0.235 e. The number of fused-ring (bicyclic) bond motifs is 3. The molecule has 5 rings (SSSR count). The number of nitrogens with zero attached hydrogens (tertiary/aromatic N) is 1. The third-order valence-electron chi connectivity index (χ3n) is 5.96. The molecule has 7 nitrogen and oxygen atoms in total. The molecule has 7 heteroatoms. The van der Waals surface area contributed by atoms with E-state index in [9.17, 15) is 9.59 Å². The quantitative estimate of drug-likeness (QED) is 0.503. The van der Waals surface area contributed by atoms with Crippen molar-refractivity contribution < 1.29 is 18.8 Å². The third kappa shape index (κ3) is 4.05. The van der Waals surface area contributed by atoms with Gasteiger partial charge in [-0.15, -0.1) is 0 Å². The molecule has 2 fully saturated rings. The van der Waals surface area contributed by atoms with Crippen molar-refractivity contribution in [3.05, 3.63) is 41.6 Å². The molecule has 0 aliphatic carbocycles. The Morgan fingerprint density at radius 2 is 2.00 bits per heavy atom. The number of carbonyl (C=O) groups excluding carboxylic acids is 2. The van der Waals surface area contributed by atoms with E-state index in [2.05, 4.69) is 27.6 Å². The van der Waals surface area contributed by atoms with Crippen LogP contribution in [0.2, 0.25) is 0 Å². The zero-order valence-electron chi connectivity index (χ0n) is 17.1. The molecule has 3 heterocycles. The van der Waals surface area contributed by atoms with E-state index in [1.54, 1.807) is 0 Å². The van der Waals surface area contributed by atoms with Gasteiger partial charge in [0, 0.05) is 12.0 Å². The average molecular weight is 417 g/mol. The molecule has 0 radical (unpaired) electrons. The first-order valence-electron chi connectivity index (χ1n) is 10.7. The number of hydrogen-bond acceptors (Lipinski definition) is 6. The number of carbonyl (C=O) groups is 2. The van der Waals surface area contributed by atoms with Gasteiger partial charge >= 0.3 is 0 Å². The summed E-state index contributed by atoms with van der Waals surface area (Å²) in [5.41, 5.74) is 2.11. The third-order valence-corrected chi connectivity index (χ3v) is 5.96. The van der Waals surface area contributed by atoms with Crippen LogP contribution in [0.3, 0.4) is 0 Å². The second kappa shape index (κ2) is 8.50. The summed E-state index contributed by atoms with van der Waals surface area (Å²) in [6, 6.07) is 9.79. The van der Waals surface area contributed by atoms with E-state index >= 15 is 0 Å². The van der Waals surface area contributed by atoms with E-state index in [0.29, 0.717) is 36.8 Å². The van der Waals surface area contributed by atoms with E-state index in [1.807, 2.05) is 30.3 Å². The minimum atomic E-state index is -0.490. The molecule has 2 aliphatic heterocycles. The van der Waals surface area contributed by atoms with Crippen LogP contribution in [0.4, 0.5) is 0 Å². The van der Waals surface area contributed by atoms with Crippen molar-refractivity contribution in [2.75, 3.05) is 19.7 Å². The maximum absolute atomic E-state index is 12.4. The fourth-order valence-electron chi connectivity index (χ4n) is 4.32. The van der Waals surface area contributed by atoms with Gasteiger partial charge in [0.1, 0.15) is 12.3 Å². The lowest BCUT2D eigenvalue weighted by atomic mass is 9.91. The molecular formula is C24H23N3O4. The zero-order valence-corrected chi connectivity index (χ0v) is 17.1. The highest BCUT2D eigenvalue weighted by molar-refractivity contribution is 6.10. The fourth-order valence-corrected chi connectivity index (χ4v) is 4.32. The van der Waals surface area contributed by atoms with E-state index in [1.165, 1.54) is 0 Å². The SMILES string of the molecule is O=C1CCC(c2noc3ccc4cc(C#CCOC5CCNCC5)ccc4c23)C(=O)N1. The van der Waals surface area contributed by atoms with Crippen molar-refractivity contribution in [3.8, 4) is 11.8 Å². The van der Waals surface area contributed by atoms with Gasteiger partial charge in [-0.05, 0) is 61.3 Å². The Kier molecular flexibility index (Phi) is 5.41. The highest BCUT2D eigenvalue weighted by atomic mass is 16.5. The highest BCUT2D eigenvalue weighted by Crippen LogP contribution is 2.35. The molecule has 3 aromatic rings. The molecule has 1 atom stereocenters. The number of piperidine rings is 2. The molecule has 1 aromatic heterocycles. The van der Waals surface area contributed by atoms with Crippen LogP contribution in [0.1, 0.15) is 42.9 Å². The van der Waals surface area contributed by atoms with Crippen molar-refractivity contribution >= 4 is 33.6 Å². The van der Waals surface area contributed by atoms with Gasteiger partial charge in [-0.2, -0.15) is 0 Å². The Balaban J connectivity index is 1.40. The van der Waals surface area contributed by atoms with Crippen molar-refractivity contribution in [1.82, 2.24) is 15.8 Å². The van der Waals surface area contributed by atoms with Gasteiger partial charge in [0.25, 0.3) is 0 Å². The molecule has 158 valence electrons. The molecule has 0 spiro atoms. The number of amides is 2. The summed E-state index contributed by atoms with van der Waals surface area (Å²) in [5.74, 6) is 5.23. The molecule has 2 aromatic carbocycles. The highest BCUT2D eigenvalue weighted by Gasteiger charge is 2.32. The lowest BCUT2D eigenvalue weighted by molar-refractivity contribution is -0.134. The van der Waals surface area contributed by atoms with Gasteiger partial charge in [-0.25, -0.2) is 0 Å². The Hall–Kier alpha value is -3.21. The number of aromatic nitrogens is 1. The van der Waals surface area contributed by atoms with Gasteiger partial charge in [0.05, 0.1) is 17.4 Å². The lowest BCUT2D eigenvalue weighted by Gasteiger charge is -2.21. The number of rotatable bonds is 3. The summed E-state index contributed by atoms with van der Waals surface area (Å²) < 4.78 is 11.3. The monoisotopic (exact) mass is 417 g/mol. The average Bonchev–Trinajstić information content (AvgIpc) is 3.21. The summed E-state index contributed by atoms with van der Waals surface area (Å²) >= 11 is 0. The van der Waals surface area contributed by atoms with Crippen LogP contribution >= 0.6 is 0 Å². The Labute approximate surface area is 179 Å². The predicted molar refractivity (Wildman–Crippen MR) is 115 cm³/mol. The number of ether oxygens (including phenoxy) is 1. The summed E-state index contributed by atoms with van der Waals surface area (Å²) in [5, 5.41) is 12.7. The first-order chi connectivity index (χ1) is 15.2. The van der Waals surface area contributed by atoms with E-state index in [4.69, 9.17) is 9.26 Å². The molecule has 2 amide bonds. The van der Waals surface area contributed by atoms with Gasteiger partial charge in [-0.1, -0.05) is 29.1 Å². The zero-order chi connectivity index (χ0) is 21.2. The molecule has 31 heavy (non-hydrogen) atoms. The largest absolute Gasteiger partial charge is 0.365 e. The van der Waals surface area contributed by atoms with Crippen LogP contribution in [0.5, 0.6) is 0 Å². The second-order valence-electron chi connectivity index (χ2n) is 8.01. The molecule has 2 N–H and O–H groups in total. The lowest BCUT2D eigenvalue weighted by Crippen LogP contribution is -2.39. The van der Waals surface area contributed by atoms with Gasteiger partial charge in [0.2, 0.25) is 11.8 Å². The minimum absolute atomic E-state index is 0.244. The normalized spacial score (nSPS) is 19.9. The van der Waals surface area contributed by atoms with Crippen molar-refractivity contribution in [1.29, 1.82) is 0 Å². The topological polar surface area (TPSA) is 93.5 Å². The summed E-state index contributed by atoms with van der Waals surface area (Å²) in [6.07, 6.45) is 3.08. The van der Waals surface area contributed by atoms with E-state index < -0.39 is 5.92 Å². The van der Waals surface area contributed by atoms with Crippen LogP contribution in [0.15, 0.2) is 34.9 Å². The predicted octanol–water partition coefficient (Wildman–Crippen LogP) is 2.62. The molecule has 0 bridgehead atoms. The smallest absolute Gasteiger partial charge is 0.235 e. The Morgan fingerprint density at radius 1 is 1.13 bits per heavy atom. The van der Waals surface area contributed by atoms with Crippen molar-refractivity contribution in [2.24, 2.45) is 0 Å². The van der Waals surface area contributed by atoms with Crippen LogP contribution in [0, 0.1) is 11.8 Å². The number of hydrogen-bond donors (Lipinski definition) is 2. The fraction of sp³-hybridized carbons (Fsp3) is 0.375. The number of imide groups is 1. The number of nitrogens with one attached hydrogen (secondary N) is 2. The second-order valence-corrected chi connectivity index (χ2v) is 8.01. The summed E-state index contributed by atoms with van der Waals surface area (Å²) in [7, 11) is 0.